The minimum absolute atomic E-state index is 0.885. The van der Waals surface area contributed by atoms with Gasteiger partial charge in [-0.1, -0.05) is 18.2 Å². The highest BCUT2D eigenvalue weighted by Gasteiger charge is 2.13. The zero-order valence-electron chi connectivity index (χ0n) is 7.16. The van der Waals surface area contributed by atoms with Crippen molar-refractivity contribution in [1.29, 1.82) is 0 Å². The molecule has 0 aliphatic carbocycles. The lowest BCUT2D eigenvalue weighted by atomic mass is 10.1. The summed E-state index contributed by atoms with van der Waals surface area (Å²) in [5.74, 6) is 0.937. The molecule has 0 N–H and O–H groups in total. The van der Waals surface area contributed by atoms with E-state index < -0.39 is 0 Å². The number of para-hydroxylation sites is 1. The van der Waals surface area contributed by atoms with Crippen LogP contribution in [-0.2, 0) is 6.42 Å². The van der Waals surface area contributed by atoms with Crippen molar-refractivity contribution in [3.8, 4) is 0 Å². The Bertz CT molecular complexity index is 482. The lowest BCUT2D eigenvalue weighted by Gasteiger charge is -2.01. The fourth-order valence-electron chi connectivity index (χ4n) is 1.80. The first kappa shape index (κ1) is 6.89. The predicted octanol–water partition coefficient (Wildman–Crippen LogP) is 2.41. The first-order chi connectivity index (χ1) is 6.45. The first-order valence-electron chi connectivity index (χ1n) is 4.45. The Balaban J connectivity index is 2.41. The van der Waals surface area contributed by atoms with Crippen molar-refractivity contribution in [1.82, 2.24) is 0 Å². The highest BCUT2D eigenvalue weighted by atomic mass is 16.3. The number of hydrogen-bond acceptors (Lipinski definition) is 2. The van der Waals surface area contributed by atoms with E-state index in [9.17, 15) is 0 Å². The first-order valence-corrected chi connectivity index (χ1v) is 4.45. The Morgan fingerprint density at radius 1 is 1.23 bits per heavy atom. The zero-order chi connectivity index (χ0) is 8.67. The van der Waals surface area contributed by atoms with Crippen molar-refractivity contribution in [3.05, 3.63) is 35.6 Å². The second-order valence-electron chi connectivity index (χ2n) is 3.23. The van der Waals surface area contributed by atoms with Crippen LogP contribution in [0.1, 0.15) is 11.3 Å². The van der Waals surface area contributed by atoms with E-state index in [4.69, 9.17) is 4.42 Å². The van der Waals surface area contributed by atoms with E-state index in [0.29, 0.717) is 0 Å². The Labute approximate surface area is 75.9 Å². The van der Waals surface area contributed by atoms with Crippen LogP contribution in [0, 0.1) is 0 Å². The fraction of sp³-hybridized carbons (Fsp3) is 0.182. The number of aliphatic imine (C=N–C) groups is 1. The fourth-order valence-corrected chi connectivity index (χ4v) is 1.80. The SMILES string of the molecule is C1=NCCc2c1oc1ccccc21. The summed E-state index contributed by atoms with van der Waals surface area (Å²) in [6, 6.07) is 8.15. The average molecular weight is 171 g/mol. The maximum Gasteiger partial charge on any atom is 0.149 e. The largest absolute Gasteiger partial charge is 0.455 e. The molecule has 0 atom stereocenters. The number of furan rings is 1. The molecule has 13 heavy (non-hydrogen) atoms. The van der Waals surface area contributed by atoms with Gasteiger partial charge in [-0.25, -0.2) is 0 Å². The third-order valence-electron chi connectivity index (χ3n) is 2.43. The van der Waals surface area contributed by atoms with Gasteiger partial charge in [0, 0.05) is 17.5 Å². The van der Waals surface area contributed by atoms with E-state index in [1.165, 1.54) is 10.9 Å². The molecule has 2 heteroatoms. The summed E-state index contributed by atoms with van der Waals surface area (Å²) in [6.07, 6.45) is 2.84. The molecule has 2 aromatic rings. The molecule has 0 amide bonds. The summed E-state index contributed by atoms with van der Waals surface area (Å²) in [4.78, 5) is 4.19. The second kappa shape index (κ2) is 2.46. The average Bonchev–Trinajstić information content (AvgIpc) is 2.56. The van der Waals surface area contributed by atoms with Crippen LogP contribution in [0.3, 0.4) is 0 Å². The van der Waals surface area contributed by atoms with Gasteiger partial charge in [-0.2, -0.15) is 0 Å². The Morgan fingerprint density at radius 2 is 2.15 bits per heavy atom. The van der Waals surface area contributed by atoms with Crippen molar-refractivity contribution in [3.63, 3.8) is 0 Å². The van der Waals surface area contributed by atoms with Gasteiger partial charge in [-0.05, 0) is 12.5 Å². The highest BCUT2D eigenvalue weighted by Crippen LogP contribution is 2.26. The maximum absolute atomic E-state index is 5.64. The molecule has 0 bridgehead atoms. The van der Waals surface area contributed by atoms with E-state index in [1.807, 2.05) is 24.4 Å². The molecule has 1 aromatic carbocycles. The standard InChI is InChI=1S/C11H9NO/c1-2-4-10-8(3-1)9-5-6-12-7-11(9)13-10/h1-4,7H,5-6H2. The van der Waals surface area contributed by atoms with Crippen molar-refractivity contribution in [2.45, 2.75) is 6.42 Å². The zero-order valence-corrected chi connectivity index (χ0v) is 7.16. The number of hydrogen-bond donors (Lipinski definition) is 0. The topological polar surface area (TPSA) is 25.5 Å². The lowest BCUT2D eigenvalue weighted by molar-refractivity contribution is 0.598. The Morgan fingerprint density at radius 3 is 3.15 bits per heavy atom. The molecule has 0 saturated heterocycles. The Kier molecular flexibility index (Phi) is 1.30. The van der Waals surface area contributed by atoms with E-state index in [0.717, 1.165) is 24.3 Å². The second-order valence-corrected chi connectivity index (χ2v) is 3.23. The van der Waals surface area contributed by atoms with Crippen LogP contribution in [0.2, 0.25) is 0 Å². The molecule has 0 fully saturated rings. The molecule has 2 heterocycles. The van der Waals surface area contributed by atoms with Gasteiger partial charge in [-0.3, -0.25) is 4.99 Å². The van der Waals surface area contributed by atoms with Crippen molar-refractivity contribution in [2.24, 2.45) is 4.99 Å². The van der Waals surface area contributed by atoms with Crippen LogP contribution in [0.5, 0.6) is 0 Å². The molecule has 1 aromatic heterocycles. The normalized spacial score (nSPS) is 14.8. The van der Waals surface area contributed by atoms with Crippen LogP contribution < -0.4 is 0 Å². The van der Waals surface area contributed by atoms with Gasteiger partial charge in [0.05, 0.1) is 6.21 Å². The van der Waals surface area contributed by atoms with E-state index >= 15 is 0 Å². The van der Waals surface area contributed by atoms with Crippen LogP contribution in [0.25, 0.3) is 11.0 Å². The molecule has 1 aliphatic rings. The van der Waals surface area contributed by atoms with Gasteiger partial charge in [0.25, 0.3) is 0 Å². The molecule has 3 rings (SSSR count). The van der Waals surface area contributed by atoms with Gasteiger partial charge >= 0.3 is 0 Å². The number of nitrogens with zero attached hydrogens (tertiary/aromatic N) is 1. The monoisotopic (exact) mass is 171 g/mol. The molecule has 64 valence electrons. The van der Waals surface area contributed by atoms with E-state index in [-0.39, 0.29) is 0 Å². The molecule has 0 saturated carbocycles. The summed E-state index contributed by atoms with van der Waals surface area (Å²) in [7, 11) is 0. The Hall–Kier alpha value is -1.57. The maximum atomic E-state index is 5.64. The van der Waals surface area contributed by atoms with E-state index in [2.05, 4.69) is 11.1 Å². The summed E-state index contributed by atoms with van der Waals surface area (Å²) < 4.78 is 5.64. The lowest BCUT2D eigenvalue weighted by Crippen LogP contribution is -1.98. The summed E-state index contributed by atoms with van der Waals surface area (Å²) in [5, 5.41) is 1.24. The van der Waals surface area contributed by atoms with Crippen molar-refractivity contribution >= 4 is 17.2 Å². The van der Waals surface area contributed by atoms with E-state index in [1.54, 1.807) is 0 Å². The quantitative estimate of drug-likeness (QED) is 0.597. The third-order valence-corrected chi connectivity index (χ3v) is 2.43. The van der Waals surface area contributed by atoms with Crippen LogP contribution in [-0.4, -0.2) is 12.8 Å². The summed E-state index contributed by atoms with van der Waals surface area (Å²) >= 11 is 0. The van der Waals surface area contributed by atoms with Crippen LogP contribution in [0.15, 0.2) is 33.7 Å². The molecule has 1 aliphatic heterocycles. The minimum atomic E-state index is 0.885. The van der Waals surface area contributed by atoms with Crippen molar-refractivity contribution in [2.75, 3.05) is 6.54 Å². The van der Waals surface area contributed by atoms with Gasteiger partial charge in [0.15, 0.2) is 0 Å². The number of benzene rings is 1. The van der Waals surface area contributed by atoms with Crippen molar-refractivity contribution < 1.29 is 4.42 Å². The van der Waals surface area contributed by atoms with Gasteiger partial charge < -0.3 is 4.42 Å². The molecular weight excluding hydrogens is 162 g/mol. The molecule has 0 spiro atoms. The third kappa shape index (κ3) is 0.917. The smallest absolute Gasteiger partial charge is 0.149 e. The number of fused-ring (bicyclic) bond motifs is 3. The number of rotatable bonds is 0. The van der Waals surface area contributed by atoms with Gasteiger partial charge in [0.1, 0.15) is 11.3 Å². The highest BCUT2D eigenvalue weighted by molar-refractivity contribution is 5.92. The summed E-state index contributed by atoms with van der Waals surface area (Å²) in [5.41, 5.74) is 2.28. The molecular formula is C11H9NO. The minimum Gasteiger partial charge on any atom is -0.455 e. The van der Waals surface area contributed by atoms with Crippen LogP contribution in [0.4, 0.5) is 0 Å². The van der Waals surface area contributed by atoms with Gasteiger partial charge in [-0.15, -0.1) is 0 Å². The van der Waals surface area contributed by atoms with Crippen LogP contribution >= 0.6 is 0 Å². The summed E-state index contributed by atoms with van der Waals surface area (Å²) in [6.45, 7) is 0.885. The van der Waals surface area contributed by atoms with Gasteiger partial charge in [0.2, 0.25) is 0 Å². The molecule has 0 radical (unpaired) electrons. The molecule has 0 unspecified atom stereocenters. The predicted molar refractivity (Wildman–Crippen MR) is 52.4 cm³/mol. The molecule has 2 nitrogen and oxygen atoms in total.